The molecule has 5 heteroatoms. The number of aliphatic hydroxyl groups excluding tert-OH is 1. The van der Waals surface area contributed by atoms with Crippen molar-refractivity contribution in [3.8, 4) is 5.75 Å². The molecule has 0 fully saturated rings. The molecule has 2 aromatic carbocycles. The van der Waals surface area contributed by atoms with Crippen LogP contribution in [0.4, 0.5) is 10.5 Å². The van der Waals surface area contributed by atoms with Gasteiger partial charge in [0, 0.05) is 12.2 Å². The molecule has 1 unspecified atom stereocenters. The van der Waals surface area contributed by atoms with Crippen molar-refractivity contribution in [1.82, 2.24) is 5.32 Å². The molecule has 1 atom stereocenters. The van der Waals surface area contributed by atoms with Crippen LogP contribution in [0, 0.1) is 13.8 Å². The molecule has 0 heterocycles. The standard InChI is InChI=1S/C20H26N2O3/c1-13(2)25-17-7-5-6-16(11-17)19(23)12-21-20(24)22-18-10-14(3)8-9-15(18)4/h5-11,13,19,23H,12H2,1-4H3,(H2,21,22,24). The topological polar surface area (TPSA) is 70.6 Å². The summed E-state index contributed by atoms with van der Waals surface area (Å²) >= 11 is 0. The van der Waals surface area contributed by atoms with Crippen LogP contribution in [0.25, 0.3) is 0 Å². The van der Waals surface area contributed by atoms with Crippen molar-refractivity contribution in [2.24, 2.45) is 0 Å². The van der Waals surface area contributed by atoms with Crippen molar-refractivity contribution < 1.29 is 14.6 Å². The number of aliphatic hydroxyl groups is 1. The SMILES string of the molecule is Cc1ccc(C)c(NC(=O)NCC(O)c2cccc(OC(C)C)c2)c1. The third-order valence-corrected chi connectivity index (χ3v) is 3.71. The average molecular weight is 342 g/mol. The lowest BCUT2D eigenvalue weighted by Gasteiger charge is -2.16. The van der Waals surface area contributed by atoms with Crippen LogP contribution in [0.15, 0.2) is 42.5 Å². The molecule has 5 nitrogen and oxygen atoms in total. The minimum atomic E-state index is -0.805. The van der Waals surface area contributed by atoms with Gasteiger partial charge >= 0.3 is 6.03 Å². The molecule has 0 aliphatic heterocycles. The highest BCUT2D eigenvalue weighted by Gasteiger charge is 2.11. The highest BCUT2D eigenvalue weighted by atomic mass is 16.5. The molecule has 0 bridgehead atoms. The number of aryl methyl sites for hydroxylation is 2. The van der Waals surface area contributed by atoms with Crippen LogP contribution in [-0.4, -0.2) is 23.8 Å². The number of nitrogens with one attached hydrogen (secondary N) is 2. The highest BCUT2D eigenvalue weighted by Crippen LogP contribution is 2.20. The van der Waals surface area contributed by atoms with Crippen molar-refractivity contribution in [1.29, 1.82) is 0 Å². The largest absolute Gasteiger partial charge is 0.491 e. The Balaban J connectivity index is 1.92. The van der Waals surface area contributed by atoms with Crippen molar-refractivity contribution in [3.63, 3.8) is 0 Å². The molecule has 0 aromatic heterocycles. The van der Waals surface area contributed by atoms with E-state index in [-0.39, 0.29) is 18.7 Å². The van der Waals surface area contributed by atoms with E-state index in [1.807, 2.05) is 64.1 Å². The molecule has 2 aromatic rings. The smallest absolute Gasteiger partial charge is 0.319 e. The number of hydrogen-bond acceptors (Lipinski definition) is 3. The van der Waals surface area contributed by atoms with Gasteiger partial charge in [0.25, 0.3) is 0 Å². The van der Waals surface area contributed by atoms with Crippen LogP contribution in [0.2, 0.25) is 0 Å². The fraction of sp³-hybridized carbons (Fsp3) is 0.350. The van der Waals surface area contributed by atoms with Gasteiger partial charge in [0.15, 0.2) is 0 Å². The summed E-state index contributed by atoms with van der Waals surface area (Å²) in [6.07, 6.45) is -0.742. The Bertz CT molecular complexity index is 729. The molecular formula is C20H26N2O3. The van der Waals surface area contributed by atoms with Gasteiger partial charge in [0.2, 0.25) is 0 Å². The van der Waals surface area contributed by atoms with E-state index in [1.165, 1.54) is 0 Å². The van der Waals surface area contributed by atoms with Crippen molar-refractivity contribution in [2.75, 3.05) is 11.9 Å². The summed E-state index contributed by atoms with van der Waals surface area (Å²) in [7, 11) is 0. The fourth-order valence-corrected chi connectivity index (χ4v) is 2.41. The summed E-state index contributed by atoms with van der Waals surface area (Å²) in [6.45, 7) is 7.91. The predicted molar refractivity (Wildman–Crippen MR) is 100 cm³/mol. The number of urea groups is 1. The first-order valence-electron chi connectivity index (χ1n) is 8.42. The molecule has 134 valence electrons. The second-order valence-corrected chi connectivity index (χ2v) is 6.41. The summed E-state index contributed by atoms with van der Waals surface area (Å²) in [5.74, 6) is 0.700. The Morgan fingerprint density at radius 3 is 2.64 bits per heavy atom. The van der Waals surface area contributed by atoms with E-state index in [0.717, 1.165) is 16.8 Å². The summed E-state index contributed by atoms with van der Waals surface area (Å²) in [6, 6.07) is 12.8. The van der Waals surface area contributed by atoms with Crippen LogP contribution in [0.3, 0.4) is 0 Å². The summed E-state index contributed by atoms with van der Waals surface area (Å²) in [5, 5.41) is 15.8. The zero-order chi connectivity index (χ0) is 18.4. The van der Waals surface area contributed by atoms with E-state index >= 15 is 0 Å². The number of carbonyl (C=O) groups is 1. The number of rotatable bonds is 6. The van der Waals surface area contributed by atoms with Crippen LogP contribution < -0.4 is 15.4 Å². The second kappa shape index (κ2) is 8.53. The Morgan fingerprint density at radius 2 is 1.92 bits per heavy atom. The number of amides is 2. The van der Waals surface area contributed by atoms with Crippen LogP contribution in [0.1, 0.15) is 36.6 Å². The van der Waals surface area contributed by atoms with Gasteiger partial charge in [0.05, 0.1) is 12.2 Å². The third kappa shape index (κ3) is 5.80. The van der Waals surface area contributed by atoms with Crippen LogP contribution >= 0.6 is 0 Å². The van der Waals surface area contributed by atoms with Crippen LogP contribution in [-0.2, 0) is 0 Å². The van der Waals surface area contributed by atoms with E-state index in [4.69, 9.17) is 4.74 Å². The molecule has 2 rings (SSSR count). The van der Waals surface area contributed by atoms with Gasteiger partial charge in [-0.05, 0) is 62.6 Å². The lowest BCUT2D eigenvalue weighted by molar-refractivity contribution is 0.174. The first-order chi connectivity index (χ1) is 11.8. The average Bonchev–Trinajstić information content (AvgIpc) is 2.55. The van der Waals surface area contributed by atoms with Crippen LogP contribution in [0.5, 0.6) is 5.75 Å². The monoisotopic (exact) mass is 342 g/mol. The van der Waals surface area contributed by atoms with Gasteiger partial charge in [-0.25, -0.2) is 4.79 Å². The molecule has 2 amide bonds. The first-order valence-corrected chi connectivity index (χ1v) is 8.42. The van der Waals surface area contributed by atoms with Gasteiger partial charge in [-0.3, -0.25) is 0 Å². The van der Waals surface area contributed by atoms with E-state index < -0.39 is 6.10 Å². The second-order valence-electron chi connectivity index (χ2n) is 6.41. The number of anilines is 1. The summed E-state index contributed by atoms with van der Waals surface area (Å²) < 4.78 is 5.62. The normalized spacial score (nSPS) is 11.9. The molecule has 0 aliphatic carbocycles. The zero-order valence-corrected chi connectivity index (χ0v) is 15.2. The van der Waals surface area contributed by atoms with Gasteiger partial charge in [0.1, 0.15) is 5.75 Å². The quantitative estimate of drug-likeness (QED) is 0.744. The van der Waals surface area contributed by atoms with Crippen molar-refractivity contribution in [3.05, 3.63) is 59.2 Å². The zero-order valence-electron chi connectivity index (χ0n) is 15.2. The van der Waals surface area contributed by atoms with E-state index in [1.54, 1.807) is 6.07 Å². The minimum Gasteiger partial charge on any atom is -0.491 e. The van der Waals surface area contributed by atoms with Gasteiger partial charge in [-0.2, -0.15) is 0 Å². The van der Waals surface area contributed by atoms with Gasteiger partial charge < -0.3 is 20.5 Å². The predicted octanol–water partition coefficient (Wildman–Crippen LogP) is 3.95. The lowest BCUT2D eigenvalue weighted by Crippen LogP contribution is -2.32. The lowest BCUT2D eigenvalue weighted by atomic mass is 10.1. The Hall–Kier alpha value is -2.53. The molecule has 0 saturated carbocycles. The summed E-state index contributed by atoms with van der Waals surface area (Å²) in [5.41, 5.74) is 3.52. The Labute approximate surface area is 149 Å². The van der Waals surface area contributed by atoms with Crippen molar-refractivity contribution in [2.45, 2.75) is 39.9 Å². The van der Waals surface area contributed by atoms with Gasteiger partial charge in [-0.1, -0.05) is 24.3 Å². The van der Waals surface area contributed by atoms with Gasteiger partial charge in [-0.15, -0.1) is 0 Å². The summed E-state index contributed by atoms with van der Waals surface area (Å²) in [4.78, 5) is 12.1. The maximum atomic E-state index is 12.1. The number of ether oxygens (including phenoxy) is 1. The van der Waals surface area contributed by atoms with E-state index in [0.29, 0.717) is 11.3 Å². The number of hydrogen-bond donors (Lipinski definition) is 3. The number of benzene rings is 2. The molecule has 25 heavy (non-hydrogen) atoms. The molecule has 0 saturated heterocycles. The molecular weight excluding hydrogens is 316 g/mol. The molecule has 0 spiro atoms. The Morgan fingerprint density at radius 1 is 1.16 bits per heavy atom. The molecule has 0 aliphatic rings. The molecule has 3 N–H and O–H groups in total. The first kappa shape index (κ1) is 18.8. The highest BCUT2D eigenvalue weighted by molar-refractivity contribution is 5.90. The van der Waals surface area contributed by atoms with E-state index in [9.17, 15) is 9.90 Å². The molecule has 0 radical (unpaired) electrons. The number of carbonyl (C=O) groups excluding carboxylic acids is 1. The van der Waals surface area contributed by atoms with Crippen molar-refractivity contribution >= 4 is 11.7 Å². The van der Waals surface area contributed by atoms with E-state index in [2.05, 4.69) is 10.6 Å². The fourth-order valence-electron chi connectivity index (χ4n) is 2.41. The minimum absolute atomic E-state index is 0.0638. The Kier molecular flexibility index (Phi) is 6.42. The third-order valence-electron chi connectivity index (χ3n) is 3.71. The maximum absolute atomic E-state index is 12.1. The maximum Gasteiger partial charge on any atom is 0.319 e.